The number of tetrazole rings is 1. The molecule has 1 saturated heterocycles. The molecule has 1 fully saturated rings. The topological polar surface area (TPSA) is 59.7 Å². The smallest absolute Gasteiger partial charge is 0.339 e. The molecule has 3 aromatic rings. The van der Waals surface area contributed by atoms with E-state index in [1.807, 2.05) is 36.1 Å². The van der Waals surface area contributed by atoms with Crippen molar-refractivity contribution in [3.05, 3.63) is 45.9 Å². The molecule has 6 nitrogen and oxygen atoms in total. The lowest BCUT2D eigenvalue weighted by Crippen LogP contribution is -2.36. The monoisotopic (exact) mass is 394 g/mol. The van der Waals surface area contributed by atoms with Gasteiger partial charge in [0.05, 0.1) is 10.7 Å². The van der Waals surface area contributed by atoms with Gasteiger partial charge in [0, 0.05) is 24.4 Å². The minimum atomic E-state index is -4.40. The van der Waals surface area contributed by atoms with E-state index in [0.29, 0.717) is 17.5 Å². The Hall–Kier alpha value is -2.49. The van der Waals surface area contributed by atoms with Gasteiger partial charge in [-0.3, -0.25) is 0 Å². The largest absolute Gasteiger partial charge is 0.434 e. The average Bonchev–Trinajstić information content (AvgIpc) is 3.32. The molecule has 2 aromatic heterocycles. The molecule has 1 unspecified atom stereocenters. The first-order chi connectivity index (χ1) is 12.9. The predicted molar refractivity (Wildman–Crippen MR) is 95.2 cm³/mol. The Morgan fingerprint density at radius 2 is 1.96 bits per heavy atom. The molecule has 4 rings (SSSR count). The number of halogens is 3. The van der Waals surface area contributed by atoms with Gasteiger partial charge in [0.1, 0.15) is 0 Å². The summed E-state index contributed by atoms with van der Waals surface area (Å²) in [5.41, 5.74) is 1.16. The molecule has 1 aliphatic heterocycles. The number of hydrogen-bond donors (Lipinski definition) is 0. The SMILES string of the molecule is Cc1ccc(-n2nnnc2N2CCCC(c3nc(C(F)(F)F)cs3)C2)cc1. The molecule has 142 valence electrons. The van der Waals surface area contributed by atoms with Crippen LogP contribution in [0.2, 0.25) is 0 Å². The first kappa shape index (κ1) is 17.9. The number of aromatic nitrogens is 5. The van der Waals surface area contributed by atoms with Crippen LogP contribution in [0.4, 0.5) is 19.1 Å². The molecule has 1 aliphatic rings. The average molecular weight is 394 g/mol. The normalized spacial score (nSPS) is 18.1. The lowest BCUT2D eigenvalue weighted by Gasteiger charge is -2.31. The summed E-state index contributed by atoms with van der Waals surface area (Å²) in [7, 11) is 0. The van der Waals surface area contributed by atoms with Gasteiger partial charge in [-0.1, -0.05) is 22.8 Å². The Labute approximate surface area is 157 Å². The molecule has 0 radical (unpaired) electrons. The Bertz CT molecular complexity index is 917. The second-order valence-corrected chi connectivity index (χ2v) is 7.47. The molecule has 0 amide bonds. The van der Waals surface area contributed by atoms with Crippen molar-refractivity contribution in [1.82, 2.24) is 25.2 Å². The van der Waals surface area contributed by atoms with Crippen molar-refractivity contribution < 1.29 is 13.2 Å². The fourth-order valence-corrected chi connectivity index (χ4v) is 4.15. The number of hydrogen-bond acceptors (Lipinski definition) is 6. The molecule has 0 saturated carbocycles. The van der Waals surface area contributed by atoms with Crippen molar-refractivity contribution in [3.8, 4) is 5.69 Å². The summed E-state index contributed by atoms with van der Waals surface area (Å²) in [5, 5.41) is 13.6. The molecular weight excluding hydrogens is 377 g/mol. The Balaban J connectivity index is 1.57. The zero-order valence-corrected chi connectivity index (χ0v) is 15.3. The zero-order chi connectivity index (χ0) is 19.0. The number of benzene rings is 1. The van der Waals surface area contributed by atoms with Gasteiger partial charge in [-0.2, -0.15) is 17.9 Å². The van der Waals surface area contributed by atoms with Crippen LogP contribution in [0.3, 0.4) is 0 Å². The summed E-state index contributed by atoms with van der Waals surface area (Å²) >= 11 is 1.07. The molecule has 27 heavy (non-hydrogen) atoms. The quantitative estimate of drug-likeness (QED) is 0.676. The maximum absolute atomic E-state index is 12.8. The third kappa shape index (κ3) is 3.66. The van der Waals surface area contributed by atoms with E-state index in [1.165, 1.54) is 0 Å². The fraction of sp³-hybridized carbons (Fsp3) is 0.412. The van der Waals surface area contributed by atoms with E-state index in [4.69, 9.17) is 0 Å². The molecule has 0 bridgehead atoms. The lowest BCUT2D eigenvalue weighted by atomic mass is 9.99. The number of nitrogens with zero attached hydrogens (tertiary/aromatic N) is 6. The van der Waals surface area contributed by atoms with Crippen LogP contribution < -0.4 is 4.90 Å². The van der Waals surface area contributed by atoms with Gasteiger partial charge >= 0.3 is 6.18 Å². The summed E-state index contributed by atoms with van der Waals surface area (Å²) in [6.45, 7) is 3.29. The highest BCUT2D eigenvalue weighted by molar-refractivity contribution is 7.09. The van der Waals surface area contributed by atoms with Crippen LogP contribution in [0.1, 0.15) is 35.0 Å². The molecule has 1 atom stereocenters. The zero-order valence-electron chi connectivity index (χ0n) is 14.5. The molecule has 3 heterocycles. The van der Waals surface area contributed by atoms with Crippen molar-refractivity contribution in [3.63, 3.8) is 0 Å². The predicted octanol–water partition coefficient (Wildman–Crippen LogP) is 3.83. The molecule has 10 heteroatoms. The third-order valence-corrected chi connectivity index (χ3v) is 5.60. The lowest BCUT2D eigenvalue weighted by molar-refractivity contribution is -0.140. The third-order valence-electron chi connectivity index (χ3n) is 4.60. The van der Waals surface area contributed by atoms with Crippen LogP contribution in [0.5, 0.6) is 0 Å². The van der Waals surface area contributed by atoms with E-state index >= 15 is 0 Å². The summed E-state index contributed by atoms with van der Waals surface area (Å²) in [5.74, 6) is 0.527. The maximum Gasteiger partial charge on any atom is 0.434 e. The van der Waals surface area contributed by atoms with Gasteiger partial charge in [-0.25, -0.2) is 4.98 Å². The van der Waals surface area contributed by atoms with Crippen molar-refractivity contribution >= 4 is 17.3 Å². The standard InChI is InChI=1S/C17H17F3N6S/c1-11-4-6-13(7-5-11)26-16(22-23-24-26)25-8-2-3-12(9-25)15-21-14(10-27-15)17(18,19)20/h4-7,10,12H,2-3,8-9H2,1H3. The Morgan fingerprint density at radius 1 is 1.19 bits per heavy atom. The maximum atomic E-state index is 12.8. The van der Waals surface area contributed by atoms with Gasteiger partial charge in [-0.15, -0.1) is 11.3 Å². The van der Waals surface area contributed by atoms with Crippen LogP contribution in [-0.2, 0) is 6.18 Å². The van der Waals surface area contributed by atoms with Gasteiger partial charge in [-0.05, 0) is 42.3 Å². The van der Waals surface area contributed by atoms with Crippen molar-refractivity contribution in [1.29, 1.82) is 0 Å². The summed E-state index contributed by atoms with van der Waals surface area (Å²) in [6.07, 6.45) is -2.77. The Kier molecular flexibility index (Phi) is 4.58. The van der Waals surface area contributed by atoms with E-state index in [9.17, 15) is 13.2 Å². The van der Waals surface area contributed by atoms with Crippen LogP contribution in [0, 0.1) is 6.92 Å². The fourth-order valence-electron chi connectivity index (χ4n) is 3.20. The van der Waals surface area contributed by atoms with Crippen LogP contribution in [0.15, 0.2) is 29.6 Å². The molecule has 0 spiro atoms. The number of alkyl halides is 3. The van der Waals surface area contributed by atoms with E-state index < -0.39 is 11.9 Å². The van der Waals surface area contributed by atoms with Crippen LogP contribution in [0.25, 0.3) is 5.69 Å². The molecule has 1 aromatic carbocycles. The number of aryl methyl sites for hydroxylation is 1. The van der Waals surface area contributed by atoms with Crippen molar-refractivity contribution in [2.24, 2.45) is 0 Å². The number of anilines is 1. The summed E-state index contributed by atoms with van der Waals surface area (Å²) in [4.78, 5) is 5.84. The number of thiazole rings is 1. The minimum Gasteiger partial charge on any atom is -0.339 e. The first-order valence-corrected chi connectivity index (χ1v) is 9.43. The van der Waals surface area contributed by atoms with Gasteiger partial charge in [0.25, 0.3) is 0 Å². The van der Waals surface area contributed by atoms with Crippen LogP contribution in [-0.4, -0.2) is 38.3 Å². The van der Waals surface area contributed by atoms with E-state index in [-0.39, 0.29) is 5.92 Å². The van der Waals surface area contributed by atoms with E-state index in [2.05, 4.69) is 20.5 Å². The number of rotatable bonds is 3. The van der Waals surface area contributed by atoms with E-state index in [0.717, 1.165) is 47.4 Å². The second-order valence-electron chi connectivity index (χ2n) is 6.58. The highest BCUT2D eigenvalue weighted by Crippen LogP contribution is 2.35. The molecular formula is C17H17F3N6S. The summed E-state index contributed by atoms with van der Waals surface area (Å²) in [6, 6.07) is 7.84. The highest BCUT2D eigenvalue weighted by Gasteiger charge is 2.35. The summed E-state index contributed by atoms with van der Waals surface area (Å²) < 4.78 is 40.2. The van der Waals surface area contributed by atoms with Gasteiger partial charge < -0.3 is 4.90 Å². The van der Waals surface area contributed by atoms with E-state index in [1.54, 1.807) is 4.68 Å². The van der Waals surface area contributed by atoms with Crippen molar-refractivity contribution in [2.75, 3.05) is 18.0 Å². The first-order valence-electron chi connectivity index (χ1n) is 8.55. The minimum absolute atomic E-state index is 0.0667. The van der Waals surface area contributed by atoms with Gasteiger partial charge in [0.2, 0.25) is 5.95 Å². The highest BCUT2D eigenvalue weighted by atomic mass is 32.1. The van der Waals surface area contributed by atoms with Crippen LogP contribution >= 0.6 is 11.3 Å². The number of piperidine rings is 1. The molecule has 0 N–H and O–H groups in total. The van der Waals surface area contributed by atoms with Gasteiger partial charge in [0.15, 0.2) is 5.69 Å². The Morgan fingerprint density at radius 3 is 2.67 bits per heavy atom. The van der Waals surface area contributed by atoms with Crippen molar-refractivity contribution in [2.45, 2.75) is 31.9 Å². The molecule has 0 aliphatic carbocycles. The second kappa shape index (κ2) is 6.91.